The first-order chi connectivity index (χ1) is 13.5. The quantitative estimate of drug-likeness (QED) is 0.713. The number of ether oxygens (including phenoxy) is 1. The highest BCUT2D eigenvalue weighted by atomic mass is 16.6. The number of hydrogen-bond donors (Lipinski definition) is 3. The maximum absolute atomic E-state index is 12.3. The van der Waals surface area contributed by atoms with E-state index in [0.29, 0.717) is 17.2 Å². The third-order valence-electron chi connectivity index (χ3n) is 6.15. The molecule has 29 heavy (non-hydrogen) atoms. The van der Waals surface area contributed by atoms with Crippen LogP contribution in [-0.4, -0.2) is 41.7 Å². The molecule has 1 saturated heterocycles. The molecule has 2 fully saturated rings. The normalized spacial score (nSPS) is 21.2. The molecule has 8 nitrogen and oxygen atoms in total. The van der Waals surface area contributed by atoms with Crippen LogP contribution in [0.5, 0.6) is 0 Å². The Hall–Kier alpha value is -2.51. The molecule has 1 aromatic heterocycles. The lowest BCUT2D eigenvalue weighted by atomic mass is 9.74. The number of anilines is 2. The second kappa shape index (κ2) is 7.72. The lowest BCUT2D eigenvalue weighted by Crippen LogP contribution is -2.51. The van der Waals surface area contributed by atoms with Crippen molar-refractivity contribution in [2.45, 2.75) is 71.4 Å². The summed E-state index contributed by atoms with van der Waals surface area (Å²) < 4.78 is 5.45. The zero-order valence-electron chi connectivity index (χ0n) is 17.9. The van der Waals surface area contributed by atoms with E-state index in [1.807, 2.05) is 27.7 Å². The minimum atomic E-state index is -0.512. The van der Waals surface area contributed by atoms with Crippen molar-refractivity contribution in [3.63, 3.8) is 0 Å². The molecule has 1 unspecified atom stereocenters. The van der Waals surface area contributed by atoms with Crippen LogP contribution in [0.3, 0.4) is 0 Å². The molecule has 1 atom stereocenters. The molecule has 160 valence electrons. The topological polar surface area (TPSA) is 124 Å². The molecular formula is C21H33N5O3. The number of hydrogen-bond acceptors (Lipinski definition) is 6. The van der Waals surface area contributed by atoms with Crippen LogP contribution in [0.1, 0.15) is 68.8 Å². The summed E-state index contributed by atoms with van der Waals surface area (Å²) >= 11 is 0. The highest BCUT2D eigenvalue weighted by molar-refractivity contribution is 5.98. The molecule has 1 aliphatic heterocycles. The molecule has 2 aliphatic rings. The number of aryl methyl sites for hydroxylation is 1. The maximum atomic E-state index is 12.3. The van der Waals surface area contributed by atoms with Gasteiger partial charge in [-0.05, 0) is 70.4 Å². The lowest BCUT2D eigenvalue weighted by molar-refractivity contribution is 0.0442. The summed E-state index contributed by atoms with van der Waals surface area (Å²) in [7, 11) is 0. The average molecular weight is 404 g/mol. The van der Waals surface area contributed by atoms with E-state index >= 15 is 0 Å². The van der Waals surface area contributed by atoms with Crippen molar-refractivity contribution in [1.29, 1.82) is 0 Å². The molecule has 0 radical (unpaired) electrons. The Morgan fingerprint density at radius 1 is 1.28 bits per heavy atom. The maximum Gasteiger partial charge on any atom is 0.407 e. The summed E-state index contributed by atoms with van der Waals surface area (Å²) in [6, 6.07) is 1.82. The van der Waals surface area contributed by atoms with Crippen LogP contribution < -0.4 is 21.7 Å². The molecule has 8 heteroatoms. The Kier molecular flexibility index (Phi) is 5.65. The fourth-order valence-electron chi connectivity index (χ4n) is 4.62. The third kappa shape index (κ3) is 4.57. The smallest absolute Gasteiger partial charge is 0.407 e. The number of primary amides is 1. The number of alkyl carbamates (subject to hydrolysis) is 1. The van der Waals surface area contributed by atoms with Crippen molar-refractivity contribution in [2.24, 2.45) is 11.1 Å². The summed E-state index contributed by atoms with van der Waals surface area (Å²) in [6.07, 6.45) is 4.58. The van der Waals surface area contributed by atoms with Gasteiger partial charge >= 0.3 is 6.09 Å². The molecule has 5 N–H and O–H groups in total. The van der Waals surface area contributed by atoms with Gasteiger partial charge in [0.05, 0.1) is 5.56 Å². The largest absolute Gasteiger partial charge is 0.444 e. The number of pyridine rings is 1. The van der Waals surface area contributed by atoms with Crippen molar-refractivity contribution in [1.82, 2.24) is 10.3 Å². The van der Waals surface area contributed by atoms with Crippen LogP contribution in [0, 0.1) is 12.3 Å². The van der Waals surface area contributed by atoms with Crippen molar-refractivity contribution in [3.05, 3.63) is 17.2 Å². The molecule has 0 bridgehead atoms. The summed E-state index contributed by atoms with van der Waals surface area (Å²) in [5.74, 6) is 0.474. The van der Waals surface area contributed by atoms with Crippen LogP contribution in [0.15, 0.2) is 6.07 Å². The summed E-state index contributed by atoms with van der Waals surface area (Å²) in [5.41, 5.74) is 12.3. The van der Waals surface area contributed by atoms with E-state index in [4.69, 9.17) is 16.2 Å². The van der Waals surface area contributed by atoms with Crippen molar-refractivity contribution < 1.29 is 14.3 Å². The van der Waals surface area contributed by atoms with Crippen molar-refractivity contribution in [3.8, 4) is 0 Å². The summed E-state index contributed by atoms with van der Waals surface area (Å²) in [5, 5.41) is 3.11. The summed E-state index contributed by atoms with van der Waals surface area (Å²) in [6.45, 7) is 8.89. The van der Waals surface area contributed by atoms with Gasteiger partial charge in [-0.15, -0.1) is 0 Å². The van der Waals surface area contributed by atoms with Gasteiger partial charge in [0.15, 0.2) is 0 Å². The van der Waals surface area contributed by atoms with Gasteiger partial charge in [0, 0.05) is 19.1 Å². The van der Waals surface area contributed by atoms with Crippen LogP contribution in [-0.2, 0) is 4.74 Å². The van der Waals surface area contributed by atoms with E-state index in [2.05, 4.69) is 15.2 Å². The lowest BCUT2D eigenvalue weighted by Gasteiger charge is -2.44. The number of nitrogens with zero attached hydrogens (tertiary/aromatic N) is 2. The van der Waals surface area contributed by atoms with Crippen LogP contribution in [0.4, 0.5) is 16.4 Å². The molecule has 2 amide bonds. The Balaban J connectivity index is 1.72. The SMILES string of the molecule is Cc1cc(C(N)=O)c(N2CCC3(CCCC3NC(=O)OC(C)(C)C)CC2)nc1N. The average Bonchev–Trinajstić information content (AvgIpc) is 2.97. The van der Waals surface area contributed by atoms with E-state index in [1.54, 1.807) is 6.07 Å². The molecule has 1 spiro atoms. The van der Waals surface area contributed by atoms with Crippen LogP contribution in [0.2, 0.25) is 0 Å². The molecule has 1 aromatic rings. The van der Waals surface area contributed by atoms with Gasteiger partial charge in [0.2, 0.25) is 0 Å². The molecule has 3 rings (SSSR count). The Morgan fingerprint density at radius 3 is 2.52 bits per heavy atom. The van der Waals surface area contributed by atoms with E-state index in [1.165, 1.54) is 0 Å². The predicted octanol–water partition coefficient (Wildman–Crippen LogP) is 2.73. The molecule has 1 aliphatic carbocycles. The van der Waals surface area contributed by atoms with Crippen molar-refractivity contribution >= 4 is 23.6 Å². The zero-order valence-corrected chi connectivity index (χ0v) is 17.9. The minimum absolute atomic E-state index is 0.0521. The monoisotopic (exact) mass is 403 g/mol. The second-order valence-electron chi connectivity index (χ2n) is 9.37. The number of carbonyl (C=O) groups is 2. The van der Waals surface area contributed by atoms with E-state index < -0.39 is 11.5 Å². The number of aromatic nitrogens is 1. The number of carbonyl (C=O) groups excluding carboxylic acids is 2. The van der Waals surface area contributed by atoms with Gasteiger partial charge in [-0.2, -0.15) is 0 Å². The van der Waals surface area contributed by atoms with Crippen molar-refractivity contribution in [2.75, 3.05) is 23.7 Å². The summed E-state index contributed by atoms with van der Waals surface area (Å²) in [4.78, 5) is 30.8. The number of piperidine rings is 1. The minimum Gasteiger partial charge on any atom is -0.444 e. The zero-order chi connectivity index (χ0) is 21.4. The molecular weight excluding hydrogens is 370 g/mol. The first-order valence-electron chi connectivity index (χ1n) is 10.3. The number of nitrogen functional groups attached to an aromatic ring is 1. The van der Waals surface area contributed by atoms with Gasteiger partial charge < -0.3 is 26.4 Å². The molecule has 1 saturated carbocycles. The first kappa shape index (κ1) is 21.2. The number of nitrogens with one attached hydrogen (secondary N) is 1. The highest BCUT2D eigenvalue weighted by Crippen LogP contribution is 2.47. The number of nitrogens with two attached hydrogens (primary N) is 2. The first-order valence-corrected chi connectivity index (χ1v) is 10.3. The Labute approximate surface area is 172 Å². The van der Waals surface area contributed by atoms with E-state index in [0.717, 1.165) is 50.8 Å². The second-order valence-corrected chi connectivity index (χ2v) is 9.37. The fraction of sp³-hybridized carbons (Fsp3) is 0.667. The van der Waals surface area contributed by atoms with Gasteiger partial charge in [0.25, 0.3) is 5.91 Å². The van der Waals surface area contributed by atoms with E-state index in [9.17, 15) is 9.59 Å². The van der Waals surface area contributed by atoms with Gasteiger partial charge in [0.1, 0.15) is 17.2 Å². The number of rotatable bonds is 3. The highest BCUT2D eigenvalue weighted by Gasteiger charge is 2.46. The van der Waals surface area contributed by atoms with Gasteiger partial charge in [-0.1, -0.05) is 6.42 Å². The molecule has 2 heterocycles. The van der Waals surface area contributed by atoms with Crippen LogP contribution >= 0.6 is 0 Å². The Bertz CT molecular complexity index is 794. The predicted molar refractivity (Wildman–Crippen MR) is 113 cm³/mol. The Morgan fingerprint density at radius 2 is 1.93 bits per heavy atom. The third-order valence-corrected chi connectivity index (χ3v) is 6.15. The number of amides is 2. The van der Waals surface area contributed by atoms with Crippen LogP contribution in [0.25, 0.3) is 0 Å². The molecule has 0 aromatic carbocycles. The standard InChI is InChI=1S/C21H33N5O3/c1-13-12-14(17(23)27)18(25-16(13)22)26-10-8-21(9-11-26)7-5-6-15(21)24-19(28)29-20(2,3)4/h12,15H,5-11H2,1-4H3,(H2,22,25)(H2,23,27)(H,24,28). The van der Waals surface area contributed by atoms with E-state index in [-0.39, 0.29) is 17.6 Å². The fourth-order valence-corrected chi connectivity index (χ4v) is 4.62. The van der Waals surface area contributed by atoms with Gasteiger partial charge in [-0.3, -0.25) is 4.79 Å². The van der Waals surface area contributed by atoms with Gasteiger partial charge in [-0.25, -0.2) is 9.78 Å².